The van der Waals surface area contributed by atoms with Gasteiger partial charge in [0.1, 0.15) is 22.5 Å². The van der Waals surface area contributed by atoms with Crippen LogP contribution in [0.15, 0.2) is 82.6 Å². The number of alkyl halides is 3. The number of carbonyl (C=O) groups excluding carboxylic acids is 1. The fourth-order valence-electron chi connectivity index (χ4n) is 4.06. The molecule has 0 atom stereocenters. The summed E-state index contributed by atoms with van der Waals surface area (Å²) in [6.45, 7) is 13.3. The Morgan fingerprint density at radius 2 is 1.72 bits per heavy atom. The first-order valence-electron chi connectivity index (χ1n) is 13.6. The Bertz CT molecular complexity index is 1480. The average molecular weight is 615 g/mol. The van der Waals surface area contributed by atoms with Crippen molar-refractivity contribution < 1.29 is 27.9 Å². The van der Waals surface area contributed by atoms with E-state index in [4.69, 9.17) is 4.74 Å². The van der Waals surface area contributed by atoms with Crippen molar-refractivity contribution in [1.29, 1.82) is 0 Å². The van der Waals surface area contributed by atoms with E-state index >= 15 is 0 Å². The van der Waals surface area contributed by atoms with Gasteiger partial charge in [-0.3, -0.25) is 4.79 Å². The van der Waals surface area contributed by atoms with E-state index < -0.39 is 22.1 Å². The van der Waals surface area contributed by atoms with Crippen LogP contribution >= 0.6 is 11.8 Å². The van der Waals surface area contributed by atoms with Gasteiger partial charge in [0.2, 0.25) is 0 Å². The smallest absolute Gasteiger partial charge is 0.416 e. The van der Waals surface area contributed by atoms with Crippen LogP contribution in [0.2, 0.25) is 0 Å². The van der Waals surface area contributed by atoms with Crippen LogP contribution in [-0.2, 0) is 22.3 Å². The van der Waals surface area contributed by atoms with Crippen molar-refractivity contribution in [3.05, 3.63) is 83.7 Å². The molecule has 0 saturated carbocycles. The number of halogens is 3. The van der Waals surface area contributed by atoms with Gasteiger partial charge in [0.15, 0.2) is 0 Å². The monoisotopic (exact) mass is 614 g/mol. The molecule has 3 rings (SSSR count). The third-order valence-electron chi connectivity index (χ3n) is 6.35. The van der Waals surface area contributed by atoms with Crippen LogP contribution < -0.4 is 4.90 Å². The van der Waals surface area contributed by atoms with Gasteiger partial charge in [0, 0.05) is 29.6 Å². The average Bonchev–Trinajstić information content (AvgIpc) is 2.94. The van der Waals surface area contributed by atoms with Gasteiger partial charge in [-0.1, -0.05) is 35.5 Å². The zero-order valence-electron chi connectivity index (χ0n) is 25.4. The zero-order valence-corrected chi connectivity index (χ0v) is 26.2. The van der Waals surface area contributed by atoms with Crippen LogP contribution in [0, 0.1) is 0 Å². The SMILES string of the molecule is C/C=C(CN(Cc1ccc(SC(C)(C)C(=O)OC(C)(C)C)cc1)c1cc(-c2cccc(C(F)(F)F)c2)ncn1)/C(C)=N\O. The number of esters is 1. The lowest BCUT2D eigenvalue weighted by Gasteiger charge is -2.28. The second kappa shape index (κ2) is 13.6. The number of allylic oxidation sites excluding steroid dienone is 1. The Balaban J connectivity index is 1.91. The lowest BCUT2D eigenvalue weighted by atomic mass is 10.1. The lowest BCUT2D eigenvalue weighted by Crippen LogP contribution is -2.36. The topological polar surface area (TPSA) is 87.9 Å². The molecule has 43 heavy (non-hydrogen) atoms. The highest BCUT2D eigenvalue weighted by Gasteiger charge is 2.34. The maximum Gasteiger partial charge on any atom is 0.416 e. The molecule has 1 heterocycles. The third-order valence-corrected chi connectivity index (χ3v) is 7.53. The number of carbonyl (C=O) groups is 1. The molecule has 0 radical (unpaired) electrons. The van der Waals surface area contributed by atoms with Crippen LogP contribution in [0.4, 0.5) is 19.0 Å². The molecule has 230 valence electrons. The lowest BCUT2D eigenvalue weighted by molar-refractivity contribution is -0.156. The van der Waals surface area contributed by atoms with Crippen LogP contribution in [0.5, 0.6) is 0 Å². The molecule has 1 aromatic heterocycles. The molecule has 3 aromatic rings. The summed E-state index contributed by atoms with van der Waals surface area (Å²) in [4.78, 5) is 24.2. The first-order valence-corrected chi connectivity index (χ1v) is 14.4. The summed E-state index contributed by atoms with van der Waals surface area (Å²) in [5.41, 5.74) is 1.39. The van der Waals surface area contributed by atoms with Gasteiger partial charge in [-0.05, 0) is 83.9 Å². The predicted octanol–water partition coefficient (Wildman–Crippen LogP) is 8.18. The van der Waals surface area contributed by atoms with Gasteiger partial charge in [-0.25, -0.2) is 9.97 Å². The number of hydrogen-bond donors (Lipinski definition) is 1. The summed E-state index contributed by atoms with van der Waals surface area (Å²) in [7, 11) is 0. The number of ether oxygens (including phenoxy) is 1. The van der Waals surface area contributed by atoms with Gasteiger partial charge in [0.05, 0.1) is 17.0 Å². The largest absolute Gasteiger partial charge is 0.459 e. The maximum absolute atomic E-state index is 13.3. The maximum atomic E-state index is 13.3. The summed E-state index contributed by atoms with van der Waals surface area (Å²) in [6, 6.07) is 14.4. The highest BCUT2D eigenvalue weighted by atomic mass is 32.2. The van der Waals surface area contributed by atoms with E-state index in [1.807, 2.05) is 76.8 Å². The van der Waals surface area contributed by atoms with Crippen molar-refractivity contribution in [2.75, 3.05) is 11.4 Å². The van der Waals surface area contributed by atoms with Crippen molar-refractivity contribution >= 4 is 29.3 Å². The highest BCUT2D eigenvalue weighted by molar-refractivity contribution is 8.01. The normalized spacial score (nSPS) is 13.2. The minimum atomic E-state index is -4.48. The Hall–Kier alpha value is -3.86. The third kappa shape index (κ3) is 9.57. The Labute approximate surface area is 254 Å². The number of hydrogen-bond acceptors (Lipinski definition) is 8. The first kappa shape index (κ1) is 33.6. The van der Waals surface area contributed by atoms with Crippen molar-refractivity contribution in [3.63, 3.8) is 0 Å². The van der Waals surface area contributed by atoms with Crippen LogP contribution in [0.3, 0.4) is 0 Å². The summed E-state index contributed by atoms with van der Waals surface area (Å²) in [6.07, 6.45) is -1.33. The van der Waals surface area contributed by atoms with Gasteiger partial charge in [-0.2, -0.15) is 13.2 Å². The van der Waals surface area contributed by atoms with E-state index in [9.17, 15) is 23.2 Å². The predicted molar refractivity (Wildman–Crippen MR) is 164 cm³/mol. The zero-order chi connectivity index (χ0) is 32.0. The summed E-state index contributed by atoms with van der Waals surface area (Å²) in [5, 5.41) is 12.7. The Morgan fingerprint density at radius 1 is 1.05 bits per heavy atom. The molecule has 0 aliphatic heterocycles. The van der Waals surface area contributed by atoms with Crippen LogP contribution in [-0.4, -0.2) is 43.7 Å². The van der Waals surface area contributed by atoms with Crippen molar-refractivity contribution in [2.45, 2.75) is 76.4 Å². The van der Waals surface area contributed by atoms with Crippen molar-refractivity contribution in [1.82, 2.24) is 9.97 Å². The fraction of sp³-hybridized carbons (Fsp3) is 0.375. The number of anilines is 1. The molecule has 0 spiro atoms. The Morgan fingerprint density at radius 3 is 2.30 bits per heavy atom. The number of thioether (sulfide) groups is 1. The molecule has 0 bridgehead atoms. The van der Waals surface area contributed by atoms with Crippen molar-refractivity contribution in [2.24, 2.45) is 5.16 Å². The molecule has 2 aromatic carbocycles. The second-order valence-corrected chi connectivity index (χ2v) is 13.1. The standard InChI is InChI=1S/C32H37F3N4O3S/c1-8-23(21(2)38-41)19-39(28-17-27(36-20-37-28)24-10-9-11-25(16-24)32(33,34)35)18-22-12-14-26(15-13-22)43-31(6,7)29(40)42-30(3,4)5/h8-17,20,41H,18-19H2,1-7H3/b23-8+,38-21-. The molecule has 0 amide bonds. The van der Waals surface area contributed by atoms with Gasteiger partial charge in [-0.15, -0.1) is 11.8 Å². The quantitative estimate of drug-likeness (QED) is 0.0810. The van der Waals surface area contributed by atoms with E-state index in [1.54, 1.807) is 19.1 Å². The number of oxime groups is 1. The molecule has 1 N–H and O–H groups in total. The summed E-state index contributed by atoms with van der Waals surface area (Å²) < 4.78 is 44.8. The fourth-order valence-corrected chi connectivity index (χ4v) is 5.04. The number of benzene rings is 2. The van der Waals surface area contributed by atoms with E-state index in [1.165, 1.54) is 24.2 Å². The minimum absolute atomic E-state index is 0.305. The van der Waals surface area contributed by atoms with E-state index in [0.717, 1.165) is 28.2 Å². The molecule has 7 nitrogen and oxygen atoms in total. The molecule has 0 aliphatic rings. The van der Waals surface area contributed by atoms with Crippen LogP contribution in [0.1, 0.15) is 59.6 Å². The molecular weight excluding hydrogens is 577 g/mol. The van der Waals surface area contributed by atoms with Gasteiger partial charge < -0.3 is 14.8 Å². The molecular formula is C32H37F3N4O3S. The Kier molecular flexibility index (Phi) is 10.7. The van der Waals surface area contributed by atoms with Gasteiger partial charge >= 0.3 is 12.1 Å². The van der Waals surface area contributed by atoms with Gasteiger partial charge in [0.25, 0.3) is 0 Å². The minimum Gasteiger partial charge on any atom is -0.459 e. The number of rotatable bonds is 10. The van der Waals surface area contributed by atoms with Crippen molar-refractivity contribution in [3.8, 4) is 11.3 Å². The van der Waals surface area contributed by atoms with E-state index in [2.05, 4.69) is 15.1 Å². The summed E-state index contributed by atoms with van der Waals surface area (Å²) in [5.74, 6) is 0.178. The molecule has 11 heteroatoms. The van der Waals surface area contributed by atoms with E-state index in [0.29, 0.717) is 35.9 Å². The molecule has 0 saturated heterocycles. The molecule has 0 aliphatic carbocycles. The second-order valence-electron chi connectivity index (χ2n) is 11.5. The summed E-state index contributed by atoms with van der Waals surface area (Å²) >= 11 is 1.40. The van der Waals surface area contributed by atoms with Crippen LogP contribution in [0.25, 0.3) is 11.3 Å². The molecule has 0 unspecified atom stereocenters. The highest BCUT2D eigenvalue weighted by Crippen LogP contribution is 2.35. The molecule has 0 fully saturated rings. The number of nitrogens with zero attached hydrogens (tertiary/aromatic N) is 4. The first-order chi connectivity index (χ1) is 20.0. The number of aromatic nitrogens is 2. The van der Waals surface area contributed by atoms with E-state index in [-0.39, 0.29) is 5.97 Å².